The van der Waals surface area contributed by atoms with Gasteiger partial charge in [0, 0.05) is 44.6 Å². The molecule has 2 heterocycles. The van der Waals surface area contributed by atoms with Crippen LogP contribution in [0.5, 0.6) is 0 Å². The Bertz CT molecular complexity index is 632. The number of morpholine rings is 1. The van der Waals surface area contributed by atoms with Crippen molar-refractivity contribution in [2.75, 3.05) is 44.7 Å². The lowest BCUT2D eigenvalue weighted by molar-refractivity contribution is -0.139. The molecule has 8 nitrogen and oxygen atoms in total. The largest absolute Gasteiger partial charge is 0.378 e. The maximum Gasteiger partial charge on any atom is 0.223 e. The number of aromatic nitrogens is 1. The lowest BCUT2D eigenvalue weighted by Crippen LogP contribution is -2.43. The smallest absolute Gasteiger partial charge is 0.223 e. The maximum atomic E-state index is 12.7. The van der Waals surface area contributed by atoms with Gasteiger partial charge in [-0.2, -0.15) is 0 Å². The van der Waals surface area contributed by atoms with Crippen molar-refractivity contribution in [2.45, 2.75) is 47.0 Å². The van der Waals surface area contributed by atoms with Gasteiger partial charge in [0.1, 0.15) is 5.76 Å². The second kappa shape index (κ2) is 10.5. The second-order valence-electron chi connectivity index (χ2n) is 8.53. The van der Waals surface area contributed by atoms with Crippen molar-refractivity contribution in [3.8, 4) is 0 Å². The molecule has 0 saturated carbocycles. The molecule has 1 atom stereocenters. The van der Waals surface area contributed by atoms with E-state index in [-0.39, 0.29) is 29.6 Å². The number of carbonyl (C=O) groups excluding carboxylic acids is 2. The van der Waals surface area contributed by atoms with E-state index < -0.39 is 0 Å². The molecule has 0 spiro atoms. The van der Waals surface area contributed by atoms with Gasteiger partial charge in [-0.3, -0.25) is 9.59 Å². The molecule has 0 bridgehead atoms. The minimum absolute atomic E-state index is 0.0357. The van der Waals surface area contributed by atoms with Crippen molar-refractivity contribution in [1.82, 2.24) is 15.4 Å². The molecule has 1 aliphatic heterocycles. The fourth-order valence-corrected chi connectivity index (χ4v) is 3.06. The average molecular weight is 395 g/mol. The van der Waals surface area contributed by atoms with Gasteiger partial charge in [-0.1, -0.05) is 25.9 Å². The fraction of sp³-hybridized carbons (Fsp3) is 0.750. The highest BCUT2D eigenvalue weighted by Crippen LogP contribution is 2.25. The molecule has 158 valence electrons. The number of ether oxygens (including phenoxy) is 1. The number of hydrogen-bond acceptors (Lipinski definition) is 6. The molecule has 0 radical (unpaired) electrons. The first-order valence-corrected chi connectivity index (χ1v) is 10.0. The molecule has 1 aliphatic rings. The molecule has 0 aliphatic carbocycles. The number of aryl methyl sites for hydroxylation is 1. The van der Waals surface area contributed by atoms with Gasteiger partial charge in [0.25, 0.3) is 0 Å². The zero-order valence-electron chi connectivity index (χ0n) is 17.5. The Hall–Kier alpha value is -2.09. The van der Waals surface area contributed by atoms with Gasteiger partial charge in [-0.05, 0) is 25.2 Å². The summed E-state index contributed by atoms with van der Waals surface area (Å²) in [6, 6.07) is 1.80. The van der Waals surface area contributed by atoms with Gasteiger partial charge >= 0.3 is 0 Å². The third-order valence-electron chi connectivity index (χ3n) is 4.76. The number of nitrogens with one attached hydrogen (secondary N) is 2. The topological polar surface area (TPSA) is 96.7 Å². The Kier molecular flexibility index (Phi) is 8.29. The van der Waals surface area contributed by atoms with Crippen LogP contribution in [-0.2, 0) is 14.3 Å². The monoisotopic (exact) mass is 394 g/mol. The Morgan fingerprint density at radius 2 is 1.96 bits per heavy atom. The minimum atomic E-state index is -0.316. The Morgan fingerprint density at radius 1 is 1.25 bits per heavy atom. The highest BCUT2D eigenvalue weighted by atomic mass is 16.5. The molecule has 8 heteroatoms. The van der Waals surface area contributed by atoms with E-state index in [4.69, 9.17) is 9.26 Å². The summed E-state index contributed by atoms with van der Waals surface area (Å²) in [7, 11) is 0. The SMILES string of the molecule is Cc1cc(NCCNC(=O)[C@H](CCC(C)(C)C)CC(=O)N2CCOCC2)no1. The van der Waals surface area contributed by atoms with Crippen LogP contribution in [0.15, 0.2) is 10.6 Å². The number of nitrogens with zero attached hydrogens (tertiary/aromatic N) is 2. The van der Waals surface area contributed by atoms with Crippen LogP contribution in [0.1, 0.15) is 45.8 Å². The van der Waals surface area contributed by atoms with Crippen LogP contribution in [0, 0.1) is 18.3 Å². The number of carbonyl (C=O) groups is 2. The van der Waals surface area contributed by atoms with E-state index in [0.717, 1.165) is 12.2 Å². The zero-order valence-corrected chi connectivity index (χ0v) is 17.5. The lowest BCUT2D eigenvalue weighted by atomic mass is 9.85. The van der Waals surface area contributed by atoms with Crippen molar-refractivity contribution < 1.29 is 18.8 Å². The van der Waals surface area contributed by atoms with Gasteiger partial charge < -0.3 is 24.8 Å². The average Bonchev–Trinajstić information content (AvgIpc) is 3.07. The summed E-state index contributed by atoms with van der Waals surface area (Å²) in [5.41, 5.74) is 0.118. The number of amides is 2. The summed E-state index contributed by atoms with van der Waals surface area (Å²) < 4.78 is 10.3. The van der Waals surface area contributed by atoms with Crippen LogP contribution >= 0.6 is 0 Å². The van der Waals surface area contributed by atoms with Crippen LogP contribution in [0.2, 0.25) is 0 Å². The standard InChI is InChI=1S/C20H34N4O4/c1-15-13-17(23-28-15)21-7-8-22-19(26)16(5-6-20(2,3)4)14-18(25)24-9-11-27-12-10-24/h13,16H,5-12,14H2,1-4H3,(H,21,23)(H,22,26)/t16-/m1/s1. The number of hydrogen-bond donors (Lipinski definition) is 2. The molecule has 1 aromatic heterocycles. The van der Waals surface area contributed by atoms with E-state index in [2.05, 4.69) is 36.6 Å². The Labute approximate surface area is 167 Å². The van der Waals surface area contributed by atoms with Crippen molar-refractivity contribution in [2.24, 2.45) is 11.3 Å². The van der Waals surface area contributed by atoms with Crippen LogP contribution in [0.3, 0.4) is 0 Å². The van der Waals surface area contributed by atoms with Crippen LogP contribution in [0.4, 0.5) is 5.82 Å². The van der Waals surface area contributed by atoms with Gasteiger partial charge in [0.15, 0.2) is 5.82 Å². The number of rotatable bonds is 9. The second-order valence-corrected chi connectivity index (χ2v) is 8.53. The van der Waals surface area contributed by atoms with Crippen molar-refractivity contribution >= 4 is 17.6 Å². The van der Waals surface area contributed by atoms with E-state index in [1.54, 1.807) is 11.0 Å². The first kappa shape index (κ1) is 22.2. The summed E-state index contributed by atoms with van der Waals surface area (Å²) in [5, 5.41) is 9.90. The van der Waals surface area contributed by atoms with E-state index in [0.29, 0.717) is 51.6 Å². The van der Waals surface area contributed by atoms with Gasteiger partial charge in [0.05, 0.1) is 13.2 Å². The third kappa shape index (κ3) is 7.88. The quantitative estimate of drug-likeness (QED) is 0.623. The molecular formula is C20H34N4O4. The van der Waals surface area contributed by atoms with Crippen molar-refractivity contribution in [1.29, 1.82) is 0 Å². The van der Waals surface area contributed by atoms with Gasteiger partial charge in [-0.15, -0.1) is 0 Å². The molecule has 2 amide bonds. The molecule has 1 saturated heterocycles. The van der Waals surface area contributed by atoms with E-state index in [9.17, 15) is 9.59 Å². The molecule has 1 aromatic rings. The molecular weight excluding hydrogens is 360 g/mol. The van der Waals surface area contributed by atoms with Crippen LogP contribution < -0.4 is 10.6 Å². The highest BCUT2D eigenvalue weighted by Gasteiger charge is 2.27. The van der Waals surface area contributed by atoms with E-state index in [1.165, 1.54) is 0 Å². The highest BCUT2D eigenvalue weighted by molar-refractivity contribution is 5.85. The Morgan fingerprint density at radius 3 is 2.57 bits per heavy atom. The molecule has 0 unspecified atom stereocenters. The minimum Gasteiger partial charge on any atom is -0.378 e. The van der Waals surface area contributed by atoms with E-state index in [1.807, 2.05) is 6.92 Å². The Balaban J connectivity index is 1.83. The molecule has 2 N–H and O–H groups in total. The van der Waals surface area contributed by atoms with Gasteiger partial charge in [-0.25, -0.2) is 0 Å². The molecule has 0 aromatic carbocycles. The molecule has 28 heavy (non-hydrogen) atoms. The molecule has 2 rings (SSSR count). The zero-order chi connectivity index (χ0) is 20.6. The summed E-state index contributed by atoms with van der Waals surface area (Å²) in [6.45, 7) is 11.6. The van der Waals surface area contributed by atoms with Crippen molar-refractivity contribution in [3.63, 3.8) is 0 Å². The summed E-state index contributed by atoms with van der Waals surface area (Å²) in [6.07, 6.45) is 1.83. The summed E-state index contributed by atoms with van der Waals surface area (Å²) in [5.74, 6) is 1.04. The fourth-order valence-electron chi connectivity index (χ4n) is 3.06. The predicted octanol–water partition coefficient (Wildman–Crippen LogP) is 2.20. The maximum absolute atomic E-state index is 12.7. The molecule has 1 fully saturated rings. The normalized spacial score (nSPS) is 15.9. The first-order valence-electron chi connectivity index (χ1n) is 10.0. The number of anilines is 1. The predicted molar refractivity (Wildman–Crippen MR) is 107 cm³/mol. The van der Waals surface area contributed by atoms with Crippen molar-refractivity contribution in [3.05, 3.63) is 11.8 Å². The van der Waals surface area contributed by atoms with Crippen LogP contribution in [0.25, 0.3) is 0 Å². The van der Waals surface area contributed by atoms with Gasteiger partial charge in [0.2, 0.25) is 11.8 Å². The third-order valence-corrected chi connectivity index (χ3v) is 4.76. The summed E-state index contributed by atoms with van der Waals surface area (Å²) in [4.78, 5) is 27.1. The van der Waals surface area contributed by atoms with Crippen LogP contribution in [-0.4, -0.2) is 61.3 Å². The lowest BCUT2D eigenvalue weighted by Gasteiger charge is -2.29. The summed E-state index contributed by atoms with van der Waals surface area (Å²) >= 11 is 0. The van der Waals surface area contributed by atoms with E-state index >= 15 is 0 Å². The first-order chi connectivity index (χ1) is 13.2.